The Hall–Kier alpha value is -4.13. The lowest BCUT2D eigenvalue weighted by atomic mass is 10.1. The number of ether oxygens (including phenoxy) is 2. The highest BCUT2D eigenvalue weighted by molar-refractivity contribution is 6.05. The molecule has 7 nitrogen and oxygen atoms in total. The summed E-state index contributed by atoms with van der Waals surface area (Å²) >= 11 is 0. The summed E-state index contributed by atoms with van der Waals surface area (Å²) in [5, 5.41) is 0. The van der Waals surface area contributed by atoms with E-state index in [0.29, 0.717) is 5.69 Å². The molecule has 156 valence electrons. The summed E-state index contributed by atoms with van der Waals surface area (Å²) < 4.78 is 11.8. The van der Waals surface area contributed by atoms with Crippen molar-refractivity contribution >= 4 is 23.3 Å². The fourth-order valence-corrected chi connectivity index (χ4v) is 3.38. The first-order valence-corrected chi connectivity index (χ1v) is 9.62. The molecule has 3 heterocycles. The number of carbonyl (C=O) groups excluding carboxylic acids is 2. The van der Waals surface area contributed by atoms with Gasteiger partial charge in [0.25, 0.3) is 0 Å². The van der Waals surface area contributed by atoms with Crippen LogP contribution >= 0.6 is 0 Å². The molecule has 1 aliphatic rings. The number of fused-ring (bicyclic) bond motifs is 1. The topological polar surface area (TPSA) is 73.1 Å². The Morgan fingerprint density at radius 3 is 2.42 bits per heavy atom. The van der Waals surface area contributed by atoms with E-state index in [1.54, 1.807) is 23.3 Å². The van der Waals surface area contributed by atoms with Gasteiger partial charge in [-0.2, -0.15) is 0 Å². The molecule has 0 N–H and O–H groups in total. The predicted molar refractivity (Wildman–Crippen MR) is 117 cm³/mol. The number of hydrogen-bond acceptors (Lipinski definition) is 6. The molecule has 3 aromatic rings. The number of imidazole rings is 1. The minimum Gasteiger partial charge on any atom is -0.465 e. The average molecular weight is 415 g/mol. The molecule has 1 aliphatic heterocycles. The maximum atomic E-state index is 12.5. The summed E-state index contributed by atoms with van der Waals surface area (Å²) in [5.41, 5.74) is 4.66. The minimum atomic E-state index is -0.642. The number of aromatic nitrogens is 2. The van der Waals surface area contributed by atoms with Crippen molar-refractivity contribution in [3.05, 3.63) is 90.1 Å². The van der Waals surface area contributed by atoms with E-state index in [1.807, 2.05) is 60.1 Å². The van der Waals surface area contributed by atoms with Gasteiger partial charge in [-0.1, -0.05) is 18.2 Å². The zero-order valence-corrected chi connectivity index (χ0v) is 17.4. The van der Waals surface area contributed by atoms with E-state index in [2.05, 4.69) is 4.98 Å². The number of pyridine rings is 1. The van der Waals surface area contributed by atoms with Crippen LogP contribution in [0.1, 0.15) is 5.56 Å². The number of rotatable bonds is 4. The summed E-state index contributed by atoms with van der Waals surface area (Å²) in [6, 6.07) is 11.6. The number of aryl methyl sites for hydroxylation is 1. The van der Waals surface area contributed by atoms with Crippen LogP contribution in [0.15, 0.2) is 84.5 Å². The van der Waals surface area contributed by atoms with Crippen LogP contribution in [0.25, 0.3) is 16.9 Å². The van der Waals surface area contributed by atoms with Gasteiger partial charge in [-0.05, 0) is 48.9 Å². The lowest BCUT2D eigenvalue weighted by Gasteiger charge is -2.23. The Balaban J connectivity index is 1.74. The standard InChI is InChI=1S/C24H21N3O4/c1-16-11-13-26-15-20(25-21(26)14-16)17-7-9-18(10-8-17)27-12-5-4-6-19(23(28)30-2)22(27)24(29)31-3/h4-15H,1-3H3. The van der Waals surface area contributed by atoms with Crippen LogP contribution in [-0.2, 0) is 19.1 Å². The zero-order chi connectivity index (χ0) is 22.0. The highest BCUT2D eigenvalue weighted by Gasteiger charge is 2.27. The number of carbonyl (C=O) groups is 2. The number of methoxy groups -OCH3 is 2. The molecule has 7 heteroatoms. The van der Waals surface area contributed by atoms with Crippen LogP contribution < -0.4 is 4.90 Å². The minimum absolute atomic E-state index is 0.0790. The fourth-order valence-electron chi connectivity index (χ4n) is 3.38. The van der Waals surface area contributed by atoms with Crippen molar-refractivity contribution in [3.8, 4) is 11.3 Å². The van der Waals surface area contributed by atoms with Crippen LogP contribution in [0, 0.1) is 6.92 Å². The quantitative estimate of drug-likeness (QED) is 0.604. The molecule has 0 saturated carbocycles. The molecule has 0 saturated heterocycles. The molecule has 0 radical (unpaired) electrons. The first-order valence-electron chi connectivity index (χ1n) is 9.62. The van der Waals surface area contributed by atoms with Gasteiger partial charge in [0.1, 0.15) is 11.3 Å². The Labute approximate surface area is 179 Å². The maximum absolute atomic E-state index is 12.5. The average Bonchev–Trinajstić information content (AvgIpc) is 3.08. The van der Waals surface area contributed by atoms with Gasteiger partial charge in [0.2, 0.25) is 0 Å². The number of esters is 2. The van der Waals surface area contributed by atoms with Gasteiger partial charge in [-0.3, -0.25) is 0 Å². The lowest BCUT2D eigenvalue weighted by molar-refractivity contribution is -0.139. The number of benzene rings is 1. The summed E-state index contributed by atoms with van der Waals surface area (Å²) in [7, 11) is 2.54. The molecular weight excluding hydrogens is 394 g/mol. The summed E-state index contributed by atoms with van der Waals surface area (Å²) in [6.07, 6.45) is 10.6. The van der Waals surface area contributed by atoms with Gasteiger partial charge >= 0.3 is 11.9 Å². The normalized spacial score (nSPS) is 13.5. The number of nitrogens with zero attached hydrogens (tertiary/aromatic N) is 3. The monoisotopic (exact) mass is 415 g/mol. The van der Waals surface area contributed by atoms with Crippen LogP contribution in [-0.4, -0.2) is 35.5 Å². The second-order valence-corrected chi connectivity index (χ2v) is 6.96. The molecule has 0 atom stereocenters. The van der Waals surface area contributed by atoms with Crippen LogP contribution in [0.5, 0.6) is 0 Å². The van der Waals surface area contributed by atoms with Crippen molar-refractivity contribution in [3.63, 3.8) is 0 Å². The van der Waals surface area contributed by atoms with Gasteiger partial charge in [0.15, 0.2) is 0 Å². The van der Waals surface area contributed by atoms with E-state index in [4.69, 9.17) is 9.47 Å². The Morgan fingerprint density at radius 1 is 0.968 bits per heavy atom. The molecule has 31 heavy (non-hydrogen) atoms. The Bertz CT molecular complexity index is 1250. The van der Waals surface area contributed by atoms with Crippen molar-refractivity contribution in [1.82, 2.24) is 9.38 Å². The Morgan fingerprint density at radius 2 is 1.71 bits per heavy atom. The molecule has 1 aromatic carbocycles. The highest BCUT2D eigenvalue weighted by atomic mass is 16.5. The largest absolute Gasteiger partial charge is 0.465 e. The van der Waals surface area contributed by atoms with E-state index in [1.165, 1.54) is 20.3 Å². The van der Waals surface area contributed by atoms with Gasteiger partial charge in [-0.15, -0.1) is 0 Å². The predicted octanol–water partition coefficient (Wildman–Crippen LogP) is 3.80. The molecule has 0 unspecified atom stereocenters. The molecule has 4 rings (SSSR count). The number of hydrogen-bond donors (Lipinski definition) is 0. The molecule has 0 aliphatic carbocycles. The SMILES string of the molecule is COC(=O)C1=C(C(=O)OC)N(c2ccc(-c3cn4ccc(C)cc4n3)cc2)C=CC=C1. The van der Waals surface area contributed by atoms with Crippen molar-refractivity contribution < 1.29 is 19.1 Å². The van der Waals surface area contributed by atoms with Gasteiger partial charge in [0.05, 0.1) is 25.5 Å². The molecule has 0 bridgehead atoms. The number of anilines is 1. The van der Waals surface area contributed by atoms with Crippen LogP contribution in [0.3, 0.4) is 0 Å². The van der Waals surface area contributed by atoms with Gasteiger partial charge in [-0.25, -0.2) is 14.6 Å². The van der Waals surface area contributed by atoms with Crippen LogP contribution in [0.4, 0.5) is 5.69 Å². The smallest absolute Gasteiger partial charge is 0.355 e. The Kier molecular flexibility index (Phi) is 5.41. The summed E-state index contributed by atoms with van der Waals surface area (Å²) in [5.74, 6) is -1.27. The van der Waals surface area contributed by atoms with E-state index in [0.717, 1.165) is 22.5 Å². The third-order valence-corrected chi connectivity index (χ3v) is 4.95. The van der Waals surface area contributed by atoms with Gasteiger partial charge in [0, 0.05) is 29.8 Å². The highest BCUT2D eigenvalue weighted by Crippen LogP contribution is 2.29. The van der Waals surface area contributed by atoms with Crippen molar-refractivity contribution in [2.75, 3.05) is 19.1 Å². The summed E-state index contributed by atoms with van der Waals surface area (Å²) in [6.45, 7) is 2.03. The zero-order valence-electron chi connectivity index (χ0n) is 17.4. The first kappa shape index (κ1) is 20.2. The molecular formula is C24H21N3O4. The van der Waals surface area contributed by atoms with Gasteiger partial charge < -0.3 is 18.8 Å². The van der Waals surface area contributed by atoms with E-state index in [9.17, 15) is 9.59 Å². The van der Waals surface area contributed by atoms with Crippen molar-refractivity contribution in [2.24, 2.45) is 0 Å². The van der Waals surface area contributed by atoms with Crippen LogP contribution in [0.2, 0.25) is 0 Å². The van der Waals surface area contributed by atoms with Crippen molar-refractivity contribution in [2.45, 2.75) is 6.92 Å². The molecule has 2 aromatic heterocycles. The first-order chi connectivity index (χ1) is 15.0. The molecule has 0 amide bonds. The maximum Gasteiger partial charge on any atom is 0.355 e. The van der Waals surface area contributed by atoms with E-state index in [-0.39, 0.29) is 11.3 Å². The molecule has 0 spiro atoms. The lowest BCUT2D eigenvalue weighted by Crippen LogP contribution is -2.26. The van der Waals surface area contributed by atoms with E-state index >= 15 is 0 Å². The summed E-state index contributed by atoms with van der Waals surface area (Å²) in [4.78, 5) is 31.1. The third-order valence-electron chi connectivity index (χ3n) is 4.95. The fraction of sp³-hybridized carbons (Fsp3) is 0.125. The second kappa shape index (κ2) is 8.31. The van der Waals surface area contributed by atoms with Crippen molar-refractivity contribution in [1.29, 1.82) is 0 Å². The third kappa shape index (κ3) is 3.85. The number of allylic oxidation sites excluding steroid dienone is 2. The van der Waals surface area contributed by atoms with E-state index < -0.39 is 11.9 Å². The molecule has 0 fully saturated rings. The second-order valence-electron chi connectivity index (χ2n) is 6.96.